The van der Waals surface area contributed by atoms with Gasteiger partial charge in [-0.2, -0.15) is 5.26 Å². The summed E-state index contributed by atoms with van der Waals surface area (Å²) in [6.07, 6.45) is 1.56. The lowest BCUT2D eigenvalue weighted by atomic mass is 10.1. The number of nitrogens with zero attached hydrogens (tertiary/aromatic N) is 2. The maximum atomic E-state index is 12.9. The van der Waals surface area contributed by atoms with E-state index in [1.54, 1.807) is 60.7 Å². The number of methoxy groups -OCH3 is 1. The first kappa shape index (κ1) is 27.3. The molecule has 198 valence electrons. The standard InChI is InChI=1S/C29H25N3O6S/c1-3-37-23-11-9-22(10-12-23)31-27(33)17-32-28(34)26(39-29(32)35)15-19-8-13-24(25(14-19)36-2)38-18-21-7-5-4-6-20(21)16-30/h4-15H,3,17-18H2,1-2H3,(H,31,33)/b26-15+. The molecule has 1 aliphatic heterocycles. The molecule has 1 saturated heterocycles. The summed E-state index contributed by atoms with van der Waals surface area (Å²) in [6.45, 7) is 2.17. The molecule has 1 aliphatic rings. The van der Waals surface area contributed by atoms with Crippen LogP contribution in [0.5, 0.6) is 17.2 Å². The molecule has 3 aromatic rings. The first-order valence-corrected chi connectivity index (χ1v) is 12.8. The lowest BCUT2D eigenvalue weighted by Gasteiger charge is -2.13. The Kier molecular flexibility index (Phi) is 8.86. The molecule has 1 fully saturated rings. The smallest absolute Gasteiger partial charge is 0.294 e. The Morgan fingerprint density at radius 1 is 1.05 bits per heavy atom. The number of rotatable bonds is 10. The van der Waals surface area contributed by atoms with Crippen molar-refractivity contribution in [3.63, 3.8) is 0 Å². The number of amides is 3. The van der Waals surface area contributed by atoms with Gasteiger partial charge < -0.3 is 19.5 Å². The molecule has 0 aromatic heterocycles. The number of nitrogens with one attached hydrogen (secondary N) is 1. The van der Waals surface area contributed by atoms with Crippen molar-refractivity contribution >= 4 is 40.6 Å². The van der Waals surface area contributed by atoms with Gasteiger partial charge in [-0.15, -0.1) is 0 Å². The highest BCUT2D eigenvalue weighted by atomic mass is 32.2. The van der Waals surface area contributed by atoms with Crippen LogP contribution in [0.4, 0.5) is 10.5 Å². The van der Waals surface area contributed by atoms with Gasteiger partial charge in [0, 0.05) is 11.3 Å². The zero-order valence-corrected chi connectivity index (χ0v) is 22.1. The minimum absolute atomic E-state index is 0.178. The predicted molar refractivity (Wildman–Crippen MR) is 147 cm³/mol. The van der Waals surface area contributed by atoms with Crippen molar-refractivity contribution in [1.29, 1.82) is 5.26 Å². The number of carbonyl (C=O) groups is 3. The third kappa shape index (κ3) is 6.77. The van der Waals surface area contributed by atoms with Gasteiger partial charge in [-0.1, -0.05) is 24.3 Å². The van der Waals surface area contributed by atoms with Gasteiger partial charge in [0.2, 0.25) is 5.91 Å². The molecule has 3 amide bonds. The fourth-order valence-electron chi connectivity index (χ4n) is 3.74. The first-order chi connectivity index (χ1) is 18.9. The van der Waals surface area contributed by atoms with Crippen LogP contribution in [0.3, 0.4) is 0 Å². The number of anilines is 1. The molecule has 1 N–H and O–H groups in total. The number of imide groups is 1. The van der Waals surface area contributed by atoms with Crippen LogP contribution in [-0.4, -0.2) is 42.2 Å². The first-order valence-electron chi connectivity index (χ1n) is 12.0. The van der Waals surface area contributed by atoms with Crippen LogP contribution < -0.4 is 19.5 Å². The van der Waals surface area contributed by atoms with Crippen molar-refractivity contribution in [3.05, 3.63) is 88.3 Å². The van der Waals surface area contributed by atoms with Crippen LogP contribution in [0, 0.1) is 11.3 Å². The summed E-state index contributed by atoms with van der Waals surface area (Å²) in [6, 6.07) is 21.2. The molecule has 0 spiro atoms. The lowest BCUT2D eigenvalue weighted by Crippen LogP contribution is -2.36. The van der Waals surface area contributed by atoms with E-state index in [4.69, 9.17) is 14.2 Å². The second-order valence-electron chi connectivity index (χ2n) is 8.24. The Hall–Kier alpha value is -4.75. The number of hydrogen-bond donors (Lipinski definition) is 1. The summed E-state index contributed by atoms with van der Waals surface area (Å²) in [5.41, 5.74) is 2.40. The third-order valence-corrected chi connectivity index (χ3v) is 6.54. The number of ether oxygens (including phenoxy) is 3. The van der Waals surface area contributed by atoms with E-state index < -0.39 is 23.6 Å². The van der Waals surface area contributed by atoms with Crippen molar-refractivity contribution in [3.8, 4) is 23.3 Å². The predicted octanol–water partition coefficient (Wildman–Crippen LogP) is 5.22. The molecule has 39 heavy (non-hydrogen) atoms. The monoisotopic (exact) mass is 543 g/mol. The van der Waals surface area contributed by atoms with E-state index in [0.717, 1.165) is 22.2 Å². The quantitative estimate of drug-likeness (QED) is 0.346. The van der Waals surface area contributed by atoms with Gasteiger partial charge in [-0.25, -0.2) is 0 Å². The average molecular weight is 544 g/mol. The summed E-state index contributed by atoms with van der Waals surface area (Å²) in [5, 5.41) is 11.4. The highest BCUT2D eigenvalue weighted by molar-refractivity contribution is 8.18. The topological polar surface area (TPSA) is 118 Å². The molecule has 9 nitrogen and oxygen atoms in total. The highest BCUT2D eigenvalue weighted by Gasteiger charge is 2.36. The summed E-state index contributed by atoms with van der Waals surface area (Å²) in [4.78, 5) is 39.0. The molecule has 0 saturated carbocycles. The Labute approximate surface area is 230 Å². The second kappa shape index (κ2) is 12.7. The minimum Gasteiger partial charge on any atom is -0.494 e. The van der Waals surface area contributed by atoms with Gasteiger partial charge >= 0.3 is 0 Å². The van der Waals surface area contributed by atoms with Gasteiger partial charge in [-0.05, 0) is 72.8 Å². The zero-order valence-electron chi connectivity index (χ0n) is 21.3. The maximum absolute atomic E-state index is 12.9. The highest BCUT2D eigenvalue weighted by Crippen LogP contribution is 2.35. The summed E-state index contributed by atoms with van der Waals surface area (Å²) >= 11 is 0.761. The summed E-state index contributed by atoms with van der Waals surface area (Å²) < 4.78 is 16.7. The average Bonchev–Trinajstić information content (AvgIpc) is 3.20. The summed E-state index contributed by atoms with van der Waals surface area (Å²) in [5.74, 6) is 0.504. The number of benzene rings is 3. The summed E-state index contributed by atoms with van der Waals surface area (Å²) in [7, 11) is 1.49. The number of carbonyl (C=O) groups excluding carboxylic acids is 3. The number of nitriles is 1. The number of hydrogen-bond acceptors (Lipinski definition) is 8. The van der Waals surface area contributed by atoms with Gasteiger partial charge in [0.15, 0.2) is 11.5 Å². The van der Waals surface area contributed by atoms with Crippen molar-refractivity contribution in [2.24, 2.45) is 0 Å². The maximum Gasteiger partial charge on any atom is 0.294 e. The lowest BCUT2D eigenvalue weighted by molar-refractivity contribution is -0.127. The van der Waals surface area contributed by atoms with E-state index in [1.807, 2.05) is 19.1 Å². The van der Waals surface area contributed by atoms with Crippen LogP contribution in [-0.2, 0) is 16.2 Å². The van der Waals surface area contributed by atoms with E-state index in [-0.39, 0.29) is 11.5 Å². The van der Waals surface area contributed by atoms with Gasteiger partial charge in [-0.3, -0.25) is 19.3 Å². The third-order valence-electron chi connectivity index (χ3n) is 5.63. The fourth-order valence-corrected chi connectivity index (χ4v) is 4.58. The van der Waals surface area contributed by atoms with Crippen LogP contribution in [0.2, 0.25) is 0 Å². The van der Waals surface area contributed by atoms with Crippen molar-refractivity contribution in [2.75, 3.05) is 25.6 Å². The van der Waals surface area contributed by atoms with Gasteiger partial charge in [0.05, 0.1) is 30.3 Å². The molecule has 0 bridgehead atoms. The molecular formula is C29H25N3O6S. The van der Waals surface area contributed by atoms with Crippen molar-refractivity contribution < 1.29 is 28.6 Å². The zero-order chi connectivity index (χ0) is 27.8. The van der Waals surface area contributed by atoms with Gasteiger partial charge in [0.1, 0.15) is 18.9 Å². The van der Waals surface area contributed by atoms with E-state index in [2.05, 4.69) is 11.4 Å². The van der Waals surface area contributed by atoms with Crippen LogP contribution in [0.1, 0.15) is 23.6 Å². The van der Waals surface area contributed by atoms with Crippen molar-refractivity contribution in [1.82, 2.24) is 4.90 Å². The van der Waals surface area contributed by atoms with Gasteiger partial charge in [0.25, 0.3) is 11.1 Å². The minimum atomic E-state index is -0.556. The molecule has 0 radical (unpaired) electrons. The Morgan fingerprint density at radius 3 is 2.54 bits per heavy atom. The molecule has 0 unspecified atom stereocenters. The largest absolute Gasteiger partial charge is 0.494 e. The SMILES string of the molecule is CCOc1ccc(NC(=O)CN2C(=O)S/C(=C/c3ccc(OCc4ccccc4C#N)c(OC)c3)C2=O)cc1. The number of thioether (sulfide) groups is 1. The van der Waals surface area contributed by atoms with E-state index in [0.29, 0.717) is 40.7 Å². The normalized spacial score (nSPS) is 13.8. The van der Waals surface area contributed by atoms with Crippen LogP contribution in [0.15, 0.2) is 71.6 Å². The van der Waals surface area contributed by atoms with E-state index >= 15 is 0 Å². The second-order valence-corrected chi connectivity index (χ2v) is 9.23. The molecular weight excluding hydrogens is 518 g/mol. The molecule has 10 heteroatoms. The molecule has 1 heterocycles. The van der Waals surface area contributed by atoms with E-state index in [1.165, 1.54) is 7.11 Å². The molecule has 4 rings (SSSR count). The Morgan fingerprint density at radius 2 is 1.82 bits per heavy atom. The van der Waals surface area contributed by atoms with Crippen molar-refractivity contribution in [2.45, 2.75) is 13.5 Å². The molecule has 3 aromatic carbocycles. The Balaban J connectivity index is 1.41. The molecule has 0 aliphatic carbocycles. The van der Waals surface area contributed by atoms with E-state index in [9.17, 15) is 19.6 Å². The Bertz CT molecular complexity index is 1460. The van der Waals surface area contributed by atoms with Crippen LogP contribution in [0.25, 0.3) is 6.08 Å². The molecule has 0 atom stereocenters. The van der Waals surface area contributed by atoms with Crippen LogP contribution >= 0.6 is 11.8 Å². The fraction of sp³-hybridized carbons (Fsp3) is 0.172.